The van der Waals surface area contributed by atoms with E-state index >= 15 is 0 Å². The molecule has 2 heterocycles. The molecule has 0 spiro atoms. The summed E-state index contributed by atoms with van der Waals surface area (Å²) in [5.41, 5.74) is 24.0. The Balaban J connectivity index is 0.938. The summed E-state index contributed by atoms with van der Waals surface area (Å²) in [7, 11) is 0. The monoisotopic (exact) mass is 754 g/mol. The third-order valence-corrected chi connectivity index (χ3v) is 13.7. The van der Waals surface area contributed by atoms with Crippen molar-refractivity contribution in [1.82, 2.24) is 0 Å². The maximum Gasteiger partial charge on any atom is 0.0534 e. The van der Waals surface area contributed by atoms with Crippen LogP contribution in [0, 0.1) is 0 Å². The van der Waals surface area contributed by atoms with E-state index < -0.39 is 0 Å². The van der Waals surface area contributed by atoms with Crippen LogP contribution in [-0.2, 0) is 10.8 Å². The molecule has 0 fully saturated rings. The van der Waals surface area contributed by atoms with Crippen molar-refractivity contribution in [3.63, 3.8) is 0 Å². The number of hydrogen-bond acceptors (Lipinski definition) is 2. The molecule has 0 saturated heterocycles. The van der Waals surface area contributed by atoms with Crippen LogP contribution in [0.3, 0.4) is 0 Å². The summed E-state index contributed by atoms with van der Waals surface area (Å²) >= 11 is 0. The molecule has 0 radical (unpaired) electrons. The van der Waals surface area contributed by atoms with Gasteiger partial charge in [0.15, 0.2) is 0 Å². The lowest BCUT2D eigenvalue weighted by atomic mass is 9.81. The van der Waals surface area contributed by atoms with Gasteiger partial charge in [0, 0.05) is 40.1 Å². The quantitative estimate of drug-likeness (QED) is 0.159. The molecule has 288 valence electrons. The molecule has 0 aromatic heterocycles. The first-order chi connectivity index (χ1) is 28.2. The van der Waals surface area contributed by atoms with E-state index in [0.717, 1.165) is 25.8 Å². The number of allylic oxidation sites excluding steroid dienone is 7. The number of para-hydroxylation sites is 1. The van der Waals surface area contributed by atoms with Gasteiger partial charge >= 0.3 is 0 Å². The summed E-state index contributed by atoms with van der Waals surface area (Å²) in [5, 5.41) is 0. The molecule has 5 aromatic carbocycles. The summed E-state index contributed by atoms with van der Waals surface area (Å²) in [4.78, 5) is 5.04. The van der Waals surface area contributed by atoms with Crippen LogP contribution in [0.15, 0.2) is 150 Å². The average Bonchev–Trinajstić information content (AvgIpc) is 3.51. The highest BCUT2D eigenvalue weighted by Crippen LogP contribution is 2.53. The van der Waals surface area contributed by atoms with Crippen molar-refractivity contribution >= 4 is 35.3 Å². The fraction of sp³-hybridized carbons (Fsp3) is 0.250. The lowest BCUT2D eigenvalue weighted by Gasteiger charge is -2.33. The van der Waals surface area contributed by atoms with Crippen molar-refractivity contribution in [2.45, 2.75) is 84.5 Å². The van der Waals surface area contributed by atoms with Gasteiger partial charge in [0.1, 0.15) is 0 Å². The molecular formula is C56H54N2. The summed E-state index contributed by atoms with van der Waals surface area (Å²) in [6, 6.07) is 37.3. The predicted molar refractivity (Wildman–Crippen MR) is 249 cm³/mol. The first-order valence-electron chi connectivity index (χ1n) is 21.5. The van der Waals surface area contributed by atoms with Crippen molar-refractivity contribution in [3.05, 3.63) is 189 Å². The molecule has 0 amide bonds. The van der Waals surface area contributed by atoms with Crippen LogP contribution in [0.5, 0.6) is 0 Å². The molecule has 2 heteroatoms. The summed E-state index contributed by atoms with van der Waals surface area (Å²) in [6.45, 7) is 15.1. The van der Waals surface area contributed by atoms with Gasteiger partial charge in [-0.05, 0) is 154 Å². The predicted octanol–water partition coefficient (Wildman–Crippen LogP) is 15.1. The van der Waals surface area contributed by atoms with E-state index in [1.807, 2.05) is 0 Å². The zero-order valence-electron chi connectivity index (χ0n) is 35.0. The van der Waals surface area contributed by atoms with Gasteiger partial charge in [0.2, 0.25) is 0 Å². The molecule has 3 aliphatic carbocycles. The number of anilines is 3. The zero-order chi connectivity index (χ0) is 39.8. The summed E-state index contributed by atoms with van der Waals surface area (Å²) < 4.78 is 0. The number of nitrogens with zero attached hydrogens (tertiary/aromatic N) is 2. The minimum atomic E-state index is -0.133. The topological polar surface area (TPSA) is 6.48 Å². The van der Waals surface area contributed by atoms with Gasteiger partial charge < -0.3 is 9.80 Å². The maximum atomic E-state index is 2.55. The second kappa shape index (κ2) is 13.9. The molecule has 0 N–H and O–H groups in total. The van der Waals surface area contributed by atoms with Crippen molar-refractivity contribution in [2.75, 3.05) is 16.3 Å². The van der Waals surface area contributed by atoms with Gasteiger partial charge in [-0.15, -0.1) is 0 Å². The van der Waals surface area contributed by atoms with Gasteiger partial charge in [-0.2, -0.15) is 0 Å². The SMILES string of the molecule is C/C=C\C1=C(CC)CCCN1c1ccc2c(c1)C(C)(C)c1cc(/C=C/c3ccc4c(c3)C(C)(C)c3cc(N5C6=C(C=Cc7ccccc75)CCC=C6)ccc3-4)ccc1-2. The Morgan fingerprint density at radius 1 is 0.621 bits per heavy atom. The van der Waals surface area contributed by atoms with E-state index in [4.69, 9.17) is 0 Å². The van der Waals surface area contributed by atoms with Crippen molar-refractivity contribution in [2.24, 2.45) is 0 Å². The van der Waals surface area contributed by atoms with E-state index in [1.165, 1.54) is 108 Å². The van der Waals surface area contributed by atoms with Crippen LogP contribution in [0.1, 0.15) is 113 Å². The normalized spacial score (nSPS) is 18.4. The Kier molecular flexibility index (Phi) is 8.75. The molecule has 58 heavy (non-hydrogen) atoms. The van der Waals surface area contributed by atoms with Gasteiger partial charge in [-0.1, -0.05) is 138 Å². The molecular weight excluding hydrogens is 701 g/mol. The minimum Gasteiger partial charge on any atom is -0.342 e. The largest absolute Gasteiger partial charge is 0.342 e. The van der Waals surface area contributed by atoms with Crippen molar-refractivity contribution in [1.29, 1.82) is 0 Å². The Hall–Kier alpha value is -5.86. The van der Waals surface area contributed by atoms with Gasteiger partial charge in [-0.25, -0.2) is 0 Å². The van der Waals surface area contributed by atoms with Crippen molar-refractivity contribution in [3.8, 4) is 22.3 Å². The lowest BCUT2D eigenvalue weighted by Crippen LogP contribution is -2.28. The highest BCUT2D eigenvalue weighted by Gasteiger charge is 2.38. The molecule has 5 aliphatic rings. The number of fused-ring (bicyclic) bond motifs is 7. The van der Waals surface area contributed by atoms with E-state index in [-0.39, 0.29) is 10.8 Å². The fourth-order valence-electron chi connectivity index (χ4n) is 10.6. The standard InChI is InChI=1S/C56H54N2/c1-7-14-52-39(8-2)17-13-32-57(52)42-26-30-46-44-28-22-37(33-48(44)55(3,4)50(46)35-42)20-21-38-23-29-45-47-31-27-43(36-51(47)56(5,6)49(45)34-38)58-53-18-11-9-15-40(53)24-25-41-16-10-12-19-54(41)58/h7,9,11-12,14-15,18-31,33-36H,8,10,13,16-17,32H2,1-6H3/b14-7-,21-20+. The number of rotatable bonds is 6. The minimum absolute atomic E-state index is 0.0854. The maximum absolute atomic E-state index is 2.55. The Bertz CT molecular complexity index is 2700. The highest BCUT2D eigenvalue weighted by molar-refractivity contribution is 5.89. The molecule has 0 saturated carbocycles. The van der Waals surface area contributed by atoms with Crippen LogP contribution < -0.4 is 9.80 Å². The molecule has 10 rings (SSSR count). The van der Waals surface area contributed by atoms with E-state index in [9.17, 15) is 0 Å². The first-order valence-corrected chi connectivity index (χ1v) is 21.5. The van der Waals surface area contributed by atoms with E-state index in [2.05, 4.69) is 197 Å². The third kappa shape index (κ3) is 5.75. The summed E-state index contributed by atoms with van der Waals surface area (Å²) in [6.07, 6.45) is 24.1. The molecule has 0 unspecified atom stereocenters. The smallest absolute Gasteiger partial charge is 0.0534 e. The fourth-order valence-corrected chi connectivity index (χ4v) is 10.6. The first kappa shape index (κ1) is 36.5. The summed E-state index contributed by atoms with van der Waals surface area (Å²) in [5.74, 6) is 0. The number of hydrogen-bond donors (Lipinski definition) is 0. The van der Waals surface area contributed by atoms with Crippen LogP contribution in [-0.4, -0.2) is 6.54 Å². The van der Waals surface area contributed by atoms with E-state index in [1.54, 1.807) is 5.57 Å². The van der Waals surface area contributed by atoms with Gasteiger partial charge in [0.25, 0.3) is 0 Å². The highest BCUT2D eigenvalue weighted by atomic mass is 15.2. The molecule has 5 aromatic rings. The second-order valence-corrected chi connectivity index (χ2v) is 17.8. The van der Waals surface area contributed by atoms with Gasteiger partial charge in [0.05, 0.1) is 5.69 Å². The Morgan fingerprint density at radius 3 is 1.88 bits per heavy atom. The molecule has 2 aliphatic heterocycles. The lowest BCUT2D eigenvalue weighted by molar-refractivity contribution is 0.658. The van der Waals surface area contributed by atoms with Crippen LogP contribution in [0.2, 0.25) is 0 Å². The van der Waals surface area contributed by atoms with Crippen LogP contribution >= 0.6 is 0 Å². The van der Waals surface area contributed by atoms with Crippen LogP contribution in [0.4, 0.5) is 17.1 Å². The average molecular weight is 755 g/mol. The molecule has 0 bridgehead atoms. The van der Waals surface area contributed by atoms with Crippen molar-refractivity contribution < 1.29 is 0 Å². The van der Waals surface area contributed by atoms with Crippen LogP contribution in [0.25, 0.3) is 40.5 Å². The third-order valence-electron chi connectivity index (χ3n) is 13.7. The Labute approximate surface area is 346 Å². The molecule has 0 atom stereocenters. The molecule has 2 nitrogen and oxygen atoms in total. The Morgan fingerprint density at radius 2 is 1.22 bits per heavy atom. The second-order valence-electron chi connectivity index (χ2n) is 17.8. The van der Waals surface area contributed by atoms with Gasteiger partial charge in [-0.3, -0.25) is 0 Å². The van der Waals surface area contributed by atoms with E-state index in [0.29, 0.717) is 0 Å². The number of benzene rings is 5. The zero-order valence-corrected chi connectivity index (χ0v) is 35.0.